The molecule has 3 heterocycles. The summed E-state index contributed by atoms with van der Waals surface area (Å²) in [5.74, 6) is 2.84. The summed E-state index contributed by atoms with van der Waals surface area (Å²) in [6.45, 7) is 3.82. The van der Waals surface area contributed by atoms with Gasteiger partial charge >= 0.3 is 0 Å². The summed E-state index contributed by atoms with van der Waals surface area (Å²) in [4.78, 5) is 2.82. The monoisotopic (exact) mass is 383 g/mol. The molecule has 0 amide bonds. The number of rotatable bonds is 3. The van der Waals surface area contributed by atoms with Crippen molar-refractivity contribution >= 4 is 0 Å². The van der Waals surface area contributed by atoms with Crippen LogP contribution in [-0.2, 0) is 21.3 Å². The molecular weight excluding hydrogens is 354 g/mol. The summed E-state index contributed by atoms with van der Waals surface area (Å²) in [5.41, 5.74) is 2.92. The Morgan fingerprint density at radius 2 is 2.00 bits per heavy atom. The average Bonchev–Trinajstić information content (AvgIpc) is 3.28. The second-order valence-electron chi connectivity index (χ2n) is 9.78. The molecule has 5 heteroatoms. The highest BCUT2D eigenvalue weighted by molar-refractivity contribution is 5.61. The number of hydrogen-bond donors (Lipinski definition) is 0. The predicted octanol–water partition coefficient (Wildman–Crippen LogP) is 2.89. The normalized spacial score (nSPS) is 39.7. The maximum Gasteiger partial charge on any atom is 0.206 e. The fraction of sp³-hybridized carbons (Fsp3) is 0.739. The largest absolute Gasteiger partial charge is 0.493 e. The van der Waals surface area contributed by atoms with Crippen molar-refractivity contribution in [3.05, 3.63) is 23.3 Å². The Kier molecular flexibility index (Phi) is 3.20. The van der Waals surface area contributed by atoms with Crippen molar-refractivity contribution in [1.82, 2.24) is 4.90 Å². The molecule has 3 aliphatic heterocycles. The first-order valence-electron chi connectivity index (χ1n) is 11.1. The van der Waals surface area contributed by atoms with E-state index in [4.69, 9.17) is 18.9 Å². The van der Waals surface area contributed by atoms with Crippen molar-refractivity contribution in [2.45, 2.75) is 61.9 Å². The minimum absolute atomic E-state index is 0.0186. The second kappa shape index (κ2) is 5.44. The van der Waals surface area contributed by atoms with E-state index in [1.54, 1.807) is 7.11 Å². The average molecular weight is 383 g/mol. The molecule has 2 saturated carbocycles. The van der Waals surface area contributed by atoms with E-state index >= 15 is 0 Å². The van der Waals surface area contributed by atoms with Crippen LogP contribution in [0.25, 0.3) is 0 Å². The van der Waals surface area contributed by atoms with E-state index in [0.717, 1.165) is 36.7 Å². The standard InChI is InChI=1S/C23H29NO4/c1-25-18-5-4-15-12-17-16-6-7-23(26-10-11-27-23)21-22(16,19(15)20(18)28-21)8-9-24(17)13-14-2-3-14/h4-5,14,16-17,21H,2-3,6-13H2,1H3/t16-,17?,21+,22-/m1/s1. The summed E-state index contributed by atoms with van der Waals surface area (Å²) < 4.78 is 25.1. The molecule has 7 rings (SSSR count). The van der Waals surface area contributed by atoms with Gasteiger partial charge in [0.05, 0.1) is 20.3 Å². The van der Waals surface area contributed by atoms with E-state index in [2.05, 4.69) is 17.0 Å². The van der Waals surface area contributed by atoms with E-state index in [9.17, 15) is 0 Å². The van der Waals surface area contributed by atoms with E-state index < -0.39 is 5.79 Å². The van der Waals surface area contributed by atoms with Gasteiger partial charge in [-0.1, -0.05) is 6.07 Å². The van der Waals surface area contributed by atoms with Crippen LogP contribution in [0.3, 0.4) is 0 Å². The molecule has 3 aliphatic carbocycles. The van der Waals surface area contributed by atoms with Crippen LogP contribution < -0.4 is 9.47 Å². The Morgan fingerprint density at radius 3 is 2.79 bits per heavy atom. The van der Waals surface area contributed by atoms with Gasteiger partial charge in [-0.25, -0.2) is 0 Å². The molecule has 150 valence electrons. The first-order valence-corrected chi connectivity index (χ1v) is 11.1. The number of likely N-dealkylation sites (tertiary alicyclic amines) is 1. The van der Waals surface area contributed by atoms with Crippen molar-refractivity contribution < 1.29 is 18.9 Å². The van der Waals surface area contributed by atoms with Crippen LogP contribution in [0.4, 0.5) is 0 Å². The lowest BCUT2D eigenvalue weighted by atomic mass is 9.50. The third kappa shape index (κ3) is 1.89. The Morgan fingerprint density at radius 1 is 1.14 bits per heavy atom. The molecule has 5 nitrogen and oxygen atoms in total. The van der Waals surface area contributed by atoms with Crippen molar-refractivity contribution in [2.24, 2.45) is 11.8 Å². The van der Waals surface area contributed by atoms with Crippen molar-refractivity contribution in [1.29, 1.82) is 0 Å². The van der Waals surface area contributed by atoms with Gasteiger partial charge in [0, 0.05) is 30.0 Å². The number of hydrogen-bond acceptors (Lipinski definition) is 5. The minimum Gasteiger partial charge on any atom is -0.493 e. The first-order chi connectivity index (χ1) is 13.7. The SMILES string of the molecule is COc1ccc2c3c1O[C@@H]1C4(CC[C@@H]5C(C2)N(CC2CC2)CC[C@]351)OCCO4. The molecule has 28 heavy (non-hydrogen) atoms. The molecule has 6 aliphatic rings. The van der Waals surface area contributed by atoms with Crippen LogP contribution in [0.15, 0.2) is 12.1 Å². The molecule has 1 aromatic carbocycles. The molecule has 0 aromatic heterocycles. The summed E-state index contributed by atoms with van der Waals surface area (Å²) in [7, 11) is 1.75. The van der Waals surface area contributed by atoms with Crippen molar-refractivity contribution in [3.8, 4) is 11.5 Å². The highest BCUT2D eigenvalue weighted by Gasteiger charge is 2.71. The first kappa shape index (κ1) is 16.5. The summed E-state index contributed by atoms with van der Waals surface area (Å²) in [6.07, 6.45) is 7.22. The zero-order valence-electron chi connectivity index (χ0n) is 16.6. The fourth-order valence-electron chi connectivity index (χ4n) is 7.37. The van der Waals surface area contributed by atoms with E-state index in [1.165, 1.54) is 43.5 Å². The van der Waals surface area contributed by atoms with Gasteiger partial charge in [-0.15, -0.1) is 0 Å². The number of ether oxygens (including phenoxy) is 4. The van der Waals surface area contributed by atoms with Crippen LogP contribution >= 0.6 is 0 Å². The van der Waals surface area contributed by atoms with Crippen molar-refractivity contribution in [2.75, 3.05) is 33.4 Å². The molecule has 4 fully saturated rings. The molecular formula is C23H29NO4. The van der Waals surface area contributed by atoms with Gasteiger partial charge in [0.15, 0.2) is 17.6 Å². The lowest BCUT2D eigenvalue weighted by Gasteiger charge is -2.61. The Bertz CT molecular complexity index is 830. The highest BCUT2D eigenvalue weighted by atomic mass is 16.8. The highest BCUT2D eigenvalue weighted by Crippen LogP contribution is 2.66. The van der Waals surface area contributed by atoms with Crippen LogP contribution in [0.2, 0.25) is 0 Å². The second-order valence-corrected chi connectivity index (χ2v) is 9.78. The van der Waals surface area contributed by atoms with Crippen LogP contribution in [0.1, 0.15) is 43.2 Å². The van der Waals surface area contributed by atoms with E-state index in [-0.39, 0.29) is 11.5 Å². The lowest BCUT2D eigenvalue weighted by molar-refractivity contribution is -0.261. The zero-order chi connectivity index (χ0) is 18.5. The smallest absolute Gasteiger partial charge is 0.206 e. The summed E-state index contributed by atoms with van der Waals surface area (Å²) >= 11 is 0. The van der Waals surface area contributed by atoms with Gasteiger partial charge < -0.3 is 18.9 Å². The van der Waals surface area contributed by atoms with Gasteiger partial charge in [0.1, 0.15) is 0 Å². The van der Waals surface area contributed by atoms with Gasteiger partial charge in [0.25, 0.3) is 0 Å². The maximum atomic E-state index is 6.77. The predicted molar refractivity (Wildman–Crippen MR) is 103 cm³/mol. The molecule has 1 aromatic rings. The molecule has 4 atom stereocenters. The number of fused-ring (bicyclic) bond motifs is 1. The Labute approximate surface area is 166 Å². The minimum atomic E-state index is -0.571. The van der Waals surface area contributed by atoms with Crippen LogP contribution in [0.5, 0.6) is 11.5 Å². The Balaban J connectivity index is 1.41. The fourth-order valence-corrected chi connectivity index (χ4v) is 7.37. The maximum absolute atomic E-state index is 6.77. The summed E-state index contributed by atoms with van der Waals surface area (Å²) in [6, 6.07) is 5.03. The van der Waals surface area contributed by atoms with Gasteiger partial charge in [-0.2, -0.15) is 0 Å². The number of benzene rings is 1. The number of nitrogens with zero attached hydrogens (tertiary/aromatic N) is 1. The third-order valence-corrected chi connectivity index (χ3v) is 8.60. The molecule has 2 spiro atoms. The van der Waals surface area contributed by atoms with E-state index in [1.807, 2.05) is 0 Å². The van der Waals surface area contributed by atoms with Gasteiger partial charge in [-0.05, 0) is 62.1 Å². The van der Waals surface area contributed by atoms with Crippen molar-refractivity contribution in [3.63, 3.8) is 0 Å². The van der Waals surface area contributed by atoms with Gasteiger partial charge in [-0.3, -0.25) is 4.90 Å². The number of piperidine rings is 1. The third-order valence-electron chi connectivity index (χ3n) is 8.60. The van der Waals surface area contributed by atoms with Crippen LogP contribution in [0, 0.1) is 11.8 Å². The molecule has 1 unspecified atom stereocenters. The van der Waals surface area contributed by atoms with Gasteiger partial charge in [0.2, 0.25) is 5.79 Å². The molecule has 2 bridgehead atoms. The topological polar surface area (TPSA) is 40.2 Å². The Hall–Kier alpha value is -1.30. The van der Waals surface area contributed by atoms with E-state index in [0.29, 0.717) is 25.2 Å². The lowest BCUT2D eigenvalue weighted by Crippen LogP contribution is -2.70. The summed E-state index contributed by atoms with van der Waals surface area (Å²) in [5, 5.41) is 0. The molecule has 0 radical (unpaired) electrons. The number of methoxy groups -OCH3 is 1. The molecule has 2 saturated heterocycles. The quantitative estimate of drug-likeness (QED) is 0.803. The molecule has 0 N–H and O–H groups in total. The zero-order valence-corrected chi connectivity index (χ0v) is 16.6. The van der Waals surface area contributed by atoms with Crippen LogP contribution in [-0.4, -0.2) is 56.2 Å².